The Morgan fingerprint density at radius 3 is 2.54 bits per heavy atom. The van der Waals surface area contributed by atoms with Crippen LogP contribution in [0.3, 0.4) is 0 Å². The molecule has 8 heteroatoms. The van der Waals surface area contributed by atoms with E-state index in [1.54, 1.807) is 13.0 Å². The minimum absolute atomic E-state index is 0.0943. The van der Waals surface area contributed by atoms with E-state index < -0.39 is 23.7 Å². The molecule has 0 saturated heterocycles. The molecular formula is C18H25F3N2O3. The SMILES string of the molecule is CCOC1CC(N)(C(=O)Nc2ccc(OCC(F)(F)F)c(C)c2)C1(C)C. The van der Waals surface area contributed by atoms with Gasteiger partial charge in [0.1, 0.15) is 11.3 Å². The Kier molecular flexibility index (Phi) is 5.58. The van der Waals surface area contributed by atoms with Gasteiger partial charge in [-0.05, 0) is 37.6 Å². The Labute approximate surface area is 151 Å². The molecule has 26 heavy (non-hydrogen) atoms. The van der Waals surface area contributed by atoms with E-state index in [1.165, 1.54) is 12.1 Å². The molecule has 1 aromatic rings. The molecule has 0 spiro atoms. The summed E-state index contributed by atoms with van der Waals surface area (Å²) in [4.78, 5) is 12.7. The molecule has 1 aromatic carbocycles. The minimum Gasteiger partial charge on any atom is -0.484 e. The topological polar surface area (TPSA) is 73.6 Å². The quantitative estimate of drug-likeness (QED) is 0.800. The van der Waals surface area contributed by atoms with Gasteiger partial charge in [0.05, 0.1) is 6.10 Å². The first-order valence-corrected chi connectivity index (χ1v) is 8.43. The highest BCUT2D eigenvalue weighted by Gasteiger charge is 2.62. The lowest BCUT2D eigenvalue weighted by Crippen LogP contribution is -2.74. The highest BCUT2D eigenvalue weighted by Crippen LogP contribution is 2.50. The number of benzene rings is 1. The molecule has 1 saturated carbocycles. The lowest BCUT2D eigenvalue weighted by atomic mass is 9.54. The average Bonchev–Trinajstić information content (AvgIpc) is 2.52. The first kappa shape index (κ1) is 20.5. The zero-order chi connectivity index (χ0) is 19.8. The van der Waals surface area contributed by atoms with Crippen molar-refractivity contribution in [3.63, 3.8) is 0 Å². The first-order chi connectivity index (χ1) is 11.9. The van der Waals surface area contributed by atoms with Gasteiger partial charge in [0.2, 0.25) is 5.91 Å². The number of hydrogen-bond acceptors (Lipinski definition) is 4. The van der Waals surface area contributed by atoms with Gasteiger partial charge in [-0.2, -0.15) is 13.2 Å². The average molecular weight is 374 g/mol. The summed E-state index contributed by atoms with van der Waals surface area (Å²) >= 11 is 0. The van der Waals surface area contributed by atoms with Crippen LogP contribution in [0.5, 0.6) is 5.75 Å². The third-order valence-corrected chi connectivity index (χ3v) is 5.06. The van der Waals surface area contributed by atoms with E-state index in [0.717, 1.165) is 0 Å². The fraction of sp³-hybridized carbons (Fsp3) is 0.611. The molecule has 0 radical (unpaired) electrons. The van der Waals surface area contributed by atoms with Crippen molar-refractivity contribution in [3.8, 4) is 5.75 Å². The van der Waals surface area contributed by atoms with Gasteiger partial charge in [0, 0.05) is 24.1 Å². The van der Waals surface area contributed by atoms with E-state index in [0.29, 0.717) is 24.3 Å². The van der Waals surface area contributed by atoms with E-state index in [4.69, 9.17) is 15.2 Å². The van der Waals surface area contributed by atoms with Crippen LogP contribution in [0.4, 0.5) is 18.9 Å². The van der Waals surface area contributed by atoms with Crippen LogP contribution in [0.15, 0.2) is 18.2 Å². The maximum atomic E-state index is 12.7. The van der Waals surface area contributed by atoms with Crippen molar-refractivity contribution >= 4 is 11.6 Å². The standard InChI is InChI=1S/C18H25F3N2O3/c1-5-25-14-9-17(22,16(14,3)4)15(24)23-12-6-7-13(11(2)8-12)26-10-18(19,20)21/h6-8,14H,5,9-10,22H2,1-4H3,(H,23,24). The maximum Gasteiger partial charge on any atom is 0.422 e. The lowest BCUT2D eigenvalue weighted by molar-refractivity contribution is -0.166. The molecule has 5 nitrogen and oxygen atoms in total. The largest absolute Gasteiger partial charge is 0.484 e. The van der Waals surface area contributed by atoms with E-state index in [2.05, 4.69) is 5.32 Å². The highest BCUT2D eigenvalue weighted by atomic mass is 19.4. The zero-order valence-corrected chi connectivity index (χ0v) is 15.4. The van der Waals surface area contributed by atoms with Crippen LogP contribution in [0, 0.1) is 12.3 Å². The number of nitrogens with one attached hydrogen (secondary N) is 1. The van der Waals surface area contributed by atoms with Crippen molar-refractivity contribution in [2.75, 3.05) is 18.5 Å². The molecular weight excluding hydrogens is 349 g/mol. The number of nitrogens with two attached hydrogens (primary N) is 1. The summed E-state index contributed by atoms with van der Waals surface area (Å²) in [6.07, 6.45) is -4.09. The predicted octanol–water partition coefficient (Wildman–Crippen LogP) is 3.41. The van der Waals surface area contributed by atoms with Crippen molar-refractivity contribution in [2.45, 2.75) is 51.9 Å². The molecule has 0 aliphatic heterocycles. The molecule has 0 aromatic heterocycles. The minimum atomic E-state index is -4.40. The van der Waals surface area contributed by atoms with Crippen molar-refractivity contribution < 1.29 is 27.4 Å². The fourth-order valence-corrected chi connectivity index (χ4v) is 3.11. The van der Waals surface area contributed by atoms with E-state index >= 15 is 0 Å². The number of anilines is 1. The van der Waals surface area contributed by atoms with Crippen LogP contribution in [0.1, 0.15) is 32.8 Å². The summed E-state index contributed by atoms with van der Waals surface area (Å²) in [5.74, 6) is -0.231. The molecule has 0 heterocycles. The number of carbonyl (C=O) groups is 1. The van der Waals surface area contributed by atoms with Gasteiger partial charge in [-0.3, -0.25) is 4.79 Å². The molecule has 2 atom stereocenters. The summed E-state index contributed by atoms with van der Waals surface area (Å²) in [5.41, 5.74) is 5.64. The molecule has 2 rings (SSSR count). The first-order valence-electron chi connectivity index (χ1n) is 8.43. The zero-order valence-electron chi connectivity index (χ0n) is 15.4. The second kappa shape index (κ2) is 7.08. The Morgan fingerprint density at radius 1 is 1.38 bits per heavy atom. The van der Waals surface area contributed by atoms with E-state index in [1.807, 2.05) is 20.8 Å². The Balaban J connectivity index is 2.05. The van der Waals surface area contributed by atoms with Crippen LogP contribution < -0.4 is 15.8 Å². The van der Waals surface area contributed by atoms with Crippen molar-refractivity contribution in [2.24, 2.45) is 11.1 Å². The normalized spacial score (nSPS) is 24.7. The van der Waals surface area contributed by atoms with Gasteiger partial charge in [-0.15, -0.1) is 0 Å². The van der Waals surface area contributed by atoms with Crippen molar-refractivity contribution in [1.29, 1.82) is 0 Å². The van der Waals surface area contributed by atoms with E-state index in [-0.39, 0.29) is 17.8 Å². The number of amides is 1. The summed E-state index contributed by atoms with van der Waals surface area (Å²) < 4.78 is 47.1. The van der Waals surface area contributed by atoms with Crippen molar-refractivity contribution in [3.05, 3.63) is 23.8 Å². The van der Waals surface area contributed by atoms with Gasteiger partial charge >= 0.3 is 6.18 Å². The van der Waals surface area contributed by atoms with Gasteiger partial charge in [0.15, 0.2) is 6.61 Å². The molecule has 3 N–H and O–H groups in total. The molecule has 1 fully saturated rings. The Hall–Kier alpha value is -1.80. The second-order valence-electron chi connectivity index (χ2n) is 7.18. The Bertz CT molecular complexity index is 676. The van der Waals surface area contributed by atoms with Gasteiger partial charge in [0.25, 0.3) is 0 Å². The Morgan fingerprint density at radius 2 is 2.04 bits per heavy atom. The molecule has 2 unspecified atom stereocenters. The summed E-state index contributed by atoms with van der Waals surface area (Å²) in [5, 5.41) is 2.75. The molecule has 146 valence electrons. The monoisotopic (exact) mass is 374 g/mol. The van der Waals surface area contributed by atoms with Crippen LogP contribution in [0.2, 0.25) is 0 Å². The van der Waals surface area contributed by atoms with Gasteiger partial charge in [-0.1, -0.05) is 13.8 Å². The van der Waals surface area contributed by atoms with Crippen molar-refractivity contribution in [1.82, 2.24) is 0 Å². The number of carbonyl (C=O) groups excluding carboxylic acids is 1. The van der Waals surface area contributed by atoms with Crippen LogP contribution in [-0.4, -0.2) is 36.9 Å². The number of hydrogen-bond donors (Lipinski definition) is 2. The smallest absolute Gasteiger partial charge is 0.422 e. The summed E-state index contributed by atoms with van der Waals surface area (Å²) in [6.45, 7) is 6.45. The lowest BCUT2D eigenvalue weighted by Gasteiger charge is -2.57. The van der Waals surface area contributed by atoms with Crippen LogP contribution >= 0.6 is 0 Å². The molecule has 1 aliphatic carbocycles. The molecule has 1 aliphatic rings. The summed E-state index contributed by atoms with van der Waals surface area (Å²) in [7, 11) is 0. The molecule has 1 amide bonds. The number of ether oxygens (including phenoxy) is 2. The number of halogens is 3. The van der Waals surface area contributed by atoms with E-state index in [9.17, 15) is 18.0 Å². The molecule has 0 bridgehead atoms. The van der Waals surface area contributed by atoms with Gasteiger partial charge < -0.3 is 20.5 Å². The third-order valence-electron chi connectivity index (χ3n) is 5.06. The highest BCUT2D eigenvalue weighted by molar-refractivity contribution is 5.99. The van der Waals surface area contributed by atoms with Crippen LogP contribution in [-0.2, 0) is 9.53 Å². The predicted molar refractivity (Wildman–Crippen MR) is 92.1 cm³/mol. The number of alkyl halides is 3. The summed E-state index contributed by atoms with van der Waals surface area (Å²) in [6, 6.07) is 4.44. The maximum absolute atomic E-state index is 12.7. The number of aryl methyl sites for hydroxylation is 1. The van der Waals surface area contributed by atoms with Gasteiger partial charge in [-0.25, -0.2) is 0 Å². The number of rotatable bonds is 6. The van der Waals surface area contributed by atoms with Crippen LogP contribution in [0.25, 0.3) is 0 Å². The third kappa shape index (κ3) is 3.96. The fourth-order valence-electron chi connectivity index (χ4n) is 3.11. The second-order valence-corrected chi connectivity index (χ2v) is 7.18.